The Morgan fingerprint density at radius 1 is 1.09 bits per heavy atom. The summed E-state index contributed by atoms with van der Waals surface area (Å²) in [5.41, 5.74) is 6.69. The SMILES string of the molecule is CCn1c2ccccc2c2cc(C3Nc4c(C(=O)NCCOC)cccc4C4C=CCC43)ccc21. The summed E-state index contributed by atoms with van der Waals surface area (Å²) in [5, 5.41) is 9.40. The number of para-hydroxylation sites is 2. The number of nitrogens with zero attached hydrogens (tertiary/aromatic N) is 1. The minimum Gasteiger partial charge on any atom is -0.383 e. The molecule has 178 valence electrons. The molecule has 6 rings (SSSR count). The summed E-state index contributed by atoms with van der Waals surface area (Å²) in [4.78, 5) is 13.1. The lowest BCUT2D eigenvalue weighted by Crippen LogP contribution is -2.33. The van der Waals surface area contributed by atoms with Crippen molar-refractivity contribution in [2.24, 2.45) is 5.92 Å². The topological polar surface area (TPSA) is 55.3 Å². The number of methoxy groups -OCH3 is 1. The minimum absolute atomic E-state index is 0.0629. The van der Waals surface area contributed by atoms with Crippen LogP contribution in [0.1, 0.15) is 46.8 Å². The van der Waals surface area contributed by atoms with Crippen LogP contribution in [0.4, 0.5) is 5.69 Å². The predicted molar refractivity (Wildman–Crippen MR) is 142 cm³/mol. The first kappa shape index (κ1) is 21.9. The lowest BCUT2D eigenvalue weighted by molar-refractivity contribution is 0.0937. The molecule has 0 saturated heterocycles. The molecule has 3 aromatic carbocycles. The summed E-state index contributed by atoms with van der Waals surface area (Å²) in [6, 6.07) is 21.8. The maximum absolute atomic E-state index is 13.1. The zero-order chi connectivity index (χ0) is 23.9. The summed E-state index contributed by atoms with van der Waals surface area (Å²) in [5.74, 6) is 0.661. The van der Waals surface area contributed by atoms with Crippen LogP contribution in [0.3, 0.4) is 0 Å². The van der Waals surface area contributed by atoms with Crippen molar-refractivity contribution in [3.63, 3.8) is 0 Å². The number of carbonyl (C=O) groups is 1. The highest BCUT2D eigenvalue weighted by molar-refractivity contribution is 6.08. The number of allylic oxidation sites excluding steroid dienone is 2. The molecule has 0 radical (unpaired) electrons. The van der Waals surface area contributed by atoms with Crippen LogP contribution in [-0.2, 0) is 11.3 Å². The van der Waals surface area contributed by atoms with Crippen LogP contribution in [0.2, 0.25) is 0 Å². The third-order valence-electron chi connectivity index (χ3n) is 7.70. The van der Waals surface area contributed by atoms with Gasteiger partial charge < -0.3 is 19.9 Å². The van der Waals surface area contributed by atoms with Crippen LogP contribution < -0.4 is 10.6 Å². The number of aromatic nitrogens is 1. The Kier molecular flexibility index (Phi) is 5.57. The predicted octanol–water partition coefficient (Wildman–Crippen LogP) is 6.02. The standard InChI is InChI=1S/C30H31N3O2/c1-3-33-26-13-5-4-8-21(26)25-18-19(14-15-27(25)33)28-22-10-6-9-20(22)23-11-7-12-24(29(23)32-28)30(34)31-16-17-35-2/h4-9,11-15,18,20,22,28,32H,3,10,16-17H2,1-2H3,(H,31,34). The van der Waals surface area contributed by atoms with E-state index in [2.05, 4.69) is 82.8 Å². The van der Waals surface area contributed by atoms with Crippen molar-refractivity contribution in [3.8, 4) is 0 Å². The summed E-state index contributed by atoms with van der Waals surface area (Å²) in [6.07, 6.45) is 5.65. The highest BCUT2D eigenvalue weighted by Crippen LogP contribution is 2.51. The lowest BCUT2D eigenvalue weighted by Gasteiger charge is -2.38. The first-order chi connectivity index (χ1) is 17.2. The van der Waals surface area contributed by atoms with Crippen LogP contribution in [-0.4, -0.2) is 30.7 Å². The van der Waals surface area contributed by atoms with E-state index in [1.54, 1.807) is 7.11 Å². The molecule has 2 N–H and O–H groups in total. The van der Waals surface area contributed by atoms with E-state index in [1.807, 2.05) is 12.1 Å². The number of hydrogen-bond acceptors (Lipinski definition) is 3. The van der Waals surface area contributed by atoms with Gasteiger partial charge in [0.2, 0.25) is 0 Å². The normalized spacial score (nSPS) is 20.6. The van der Waals surface area contributed by atoms with Gasteiger partial charge in [0.15, 0.2) is 0 Å². The number of anilines is 1. The van der Waals surface area contributed by atoms with E-state index in [4.69, 9.17) is 4.74 Å². The molecule has 1 aliphatic carbocycles. The monoisotopic (exact) mass is 465 g/mol. The van der Waals surface area contributed by atoms with Crippen molar-refractivity contribution in [2.75, 3.05) is 25.6 Å². The molecule has 1 aromatic heterocycles. The second-order valence-electron chi connectivity index (χ2n) is 9.53. The fourth-order valence-electron chi connectivity index (χ4n) is 6.11. The molecule has 0 bridgehead atoms. The van der Waals surface area contributed by atoms with Gasteiger partial charge in [-0.2, -0.15) is 0 Å². The van der Waals surface area contributed by atoms with E-state index in [9.17, 15) is 4.79 Å². The molecule has 1 amide bonds. The highest BCUT2D eigenvalue weighted by Gasteiger charge is 2.39. The van der Waals surface area contributed by atoms with E-state index >= 15 is 0 Å². The molecule has 0 saturated carbocycles. The molecule has 2 heterocycles. The van der Waals surface area contributed by atoms with Gasteiger partial charge in [-0.15, -0.1) is 0 Å². The fourth-order valence-corrected chi connectivity index (χ4v) is 6.11. The van der Waals surface area contributed by atoms with Crippen LogP contribution in [0.25, 0.3) is 21.8 Å². The Bertz CT molecular complexity index is 1450. The minimum atomic E-state index is -0.0629. The molecule has 4 aromatic rings. The van der Waals surface area contributed by atoms with Gasteiger partial charge in [-0.3, -0.25) is 4.79 Å². The zero-order valence-corrected chi connectivity index (χ0v) is 20.3. The average molecular weight is 466 g/mol. The van der Waals surface area contributed by atoms with Gasteiger partial charge in [0, 0.05) is 47.9 Å². The Labute approximate surface area is 205 Å². The van der Waals surface area contributed by atoms with Crippen molar-refractivity contribution >= 4 is 33.4 Å². The number of nitrogens with one attached hydrogen (secondary N) is 2. The number of rotatable bonds is 6. The Hall–Kier alpha value is -3.57. The molecule has 0 fully saturated rings. The number of ether oxygens (including phenoxy) is 1. The maximum Gasteiger partial charge on any atom is 0.253 e. The van der Waals surface area contributed by atoms with Gasteiger partial charge in [-0.25, -0.2) is 0 Å². The van der Waals surface area contributed by atoms with E-state index in [1.165, 1.54) is 32.9 Å². The number of benzene rings is 3. The van der Waals surface area contributed by atoms with Gasteiger partial charge in [0.1, 0.15) is 0 Å². The molecule has 5 nitrogen and oxygen atoms in total. The molecule has 35 heavy (non-hydrogen) atoms. The molecular formula is C30H31N3O2. The third kappa shape index (κ3) is 3.53. The molecule has 0 spiro atoms. The molecule has 3 atom stereocenters. The molecule has 1 aliphatic heterocycles. The van der Waals surface area contributed by atoms with Crippen molar-refractivity contribution in [1.29, 1.82) is 0 Å². The Balaban J connectivity index is 1.44. The quantitative estimate of drug-likeness (QED) is 0.271. The van der Waals surface area contributed by atoms with Crippen molar-refractivity contribution in [2.45, 2.75) is 31.8 Å². The third-order valence-corrected chi connectivity index (χ3v) is 7.70. The smallest absolute Gasteiger partial charge is 0.253 e. The first-order valence-electron chi connectivity index (χ1n) is 12.6. The van der Waals surface area contributed by atoms with Gasteiger partial charge in [0.25, 0.3) is 5.91 Å². The van der Waals surface area contributed by atoms with E-state index in [0.717, 1.165) is 18.7 Å². The molecule has 2 aliphatic rings. The molecule has 5 heteroatoms. The summed E-state index contributed by atoms with van der Waals surface area (Å²) in [7, 11) is 1.64. The van der Waals surface area contributed by atoms with Crippen LogP contribution in [0.15, 0.2) is 72.8 Å². The van der Waals surface area contributed by atoms with E-state index in [-0.39, 0.29) is 11.9 Å². The van der Waals surface area contributed by atoms with E-state index in [0.29, 0.717) is 30.6 Å². The summed E-state index contributed by atoms with van der Waals surface area (Å²) < 4.78 is 7.50. The molecule has 3 unspecified atom stereocenters. The number of amides is 1. The number of fused-ring (bicyclic) bond motifs is 6. The highest BCUT2D eigenvalue weighted by atomic mass is 16.5. The molecular weight excluding hydrogens is 434 g/mol. The zero-order valence-electron chi connectivity index (χ0n) is 20.3. The Morgan fingerprint density at radius 2 is 1.94 bits per heavy atom. The average Bonchev–Trinajstić information content (AvgIpc) is 3.51. The van der Waals surface area contributed by atoms with Gasteiger partial charge in [-0.05, 0) is 54.7 Å². The van der Waals surface area contributed by atoms with Crippen molar-refractivity contribution in [1.82, 2.24) is 9.88 Å². The largest absolute Gasteiger partial charge is 0.383 e. The van der Waals surface area contributed by atoms with Crippen molar-refractivity contribution < 1.29 is 9.53 Å². The number of aryl methyl sites for hydroxylation is 1. The van der Waals surface area contributed by atoms with Crippen LogP contribution >= 0.6 is 0 Å². The summed E-state index contributed by atoms with van der Waals surface area (Å²) in [6.45, 7) is 4.13. The van der Waals surface area contributed by atoms with Gasteiger partial charge in [-0.1, -0.05) is 48.6 Å². The second-order valence-corrected chi connectivity index (χ2v) is 9.53. The second kappa shape index (κ2) is 8.90. The fraction of sp³-hybridized carbons (Fsp3) is 0.300. The van der Waals surface area contributed by atoms with E-state index < -0.39 is 0 Å². The summed E-state index contributed by atoms with van der Waals surface area (Å²) >= 11 is 0. The number of hydrogen-bond donors (Lipinski definition) is 2. The van der Waals surface area contributed by atoms with Crippen LogP contribution in [0.5, 0.6) is 0 Å². The first-order valence-corrected chi connectivity index (χ1v) is 12.6. The van der Waals surface area contributed by atoms with Gasteiger partial charge in [0.05, 0.1) is 23.9 Å². The van der Waals surface area contributed by atoms with Crippen molar-refractivity contribution in [3.05, 3.63) is 89.5 Å². The lowest BCUT2D eigenvalue weighted by atomic mass is 9.76. The Morgan fingerprint density at radius 3 is 2.80 bits per heavy atom. The maximum atomic E-state index is 13.1. The number of carbonyl (C=O) groups excluding carboxylic acids is 1. The van der Waals surface area contributed by atoms with Crippen LogP contribution in [0, 0.1) is 5.92 Å². The van der Waals surface area contributed by atoms with Gasteiger partial charge >= 0.3 is 0 Å².